The van der Waals surface area contributed by atoms with E-state index in [0.717, 1.165) is 24.7 Å². The van der Waals surface area contributed by atoms with E-state index < -0.39 is 0 Å². The van der Waals surface area contributed by atoms with Gasteiger partial charge >= 0.3 is 0 Å². The maximum Gasteiger partial charge on any atom is 0.105 e. The first-order chi connectivity index (χ1) is 7.54. The van der Waals surface area contributed by atoms with Crippen molar-refractivity contribution in [2.45, 2.75) is 33.7 Å². The summed E-state index contributed by atoms with van der Waals surface area (Å²) in [5, 5.41) is 3.50. The largest absolute Gasteiger partial charge is 0.466 e. The Bertz CT molecular complexity index is 320. The van der Waals surface area contributed by atoms with Gasteiger partial charge in [0, 0.05) is 31.9 Å². The fourth-order valence-electron chi connectivity index (χ4n) is 1.91. The van der Waals surface area contributed by atoms with Crippen LogP contribution in [0.25, 0.3) is 0 Å². The van der Waals surface area contributed by atoms with Gasteiger partial charge in [0.1, 0.15) is 11.5 Å². The zero-order valence-electron chi connectivity index (χ0n) is 11.0. The number of rotatable bonds is 6. The van der Waals surface area contributed by atoms with E-state index in [9.17, 15) is 0 Å². The second kappa shape index (κ2) is 6.06. The van der Waals surface area contributed by atoms with E-state index in [1.807, 2.05) is 13.8 Å². The van der Waals surface area contributed by atoms with Gasteiger partial charge in [-0.25, -0.2) is 0 Å². The third-order valence-corrected chi connectivity index (χ3v) is 2.77. The van der Waals surface area contributed by atoms with E-state index in [2.05, 4.69) is 25.2 Å². The Labute approximate surface area is 98.2 Å². The number of methoxy groups -OCH3 is 1. The lowest BCUT2D eigenvalue weighted by Crippen LogP contribution is -2.26. The summed E-state index contributed by atoms with van der Waals surface area (Å²) in [6, 6.07) is 2.44. The van der Waals surface area contributed by atoms with E-state index in [1.165, 1.54) is 5.56 Å². The van der Waals surface area contributed by atoms with Crippen LogP contribution in [0.3, 0.4) is 0 Å². The van der Waals surface area contributed by atoms with Gasteiger partial charge in [-0.15, -0.1) is 0 Å². The lowest BCUT2D eigenvalue weighted by molar-refractivity contribution is 0.157. The van der Waals surface area contributed by atoms with Gasteiger partial charge in [0.05, 0.1) is 0 Å². The molecule has 0 fully saturated rings. The van der Waals surface area contributed by atoms with Crippen molar-refractivity contribution in [3.8, 4) is 0 Å². The number of hydrogen-bond donors (Lipinski definition) is 1. The Morgan fingerprint density at radius 3 is 2.56 bits per heavy atom. The van der Waals surface area contributed by atoms with Gasteiger partial charge in [0.25, 0.3) is 0 Å². The maximum absolute atomic E-state index is 5.53. The van der Waals surface area contributed by atoms with Crippen LogP contribution in [0.5, 0.6) is 0 Å². The second-order valence-electron chi connectivity index (χ2n) is 4.56. The Morgan fingerprint density at radius 2 is 2.06 bits per heavy atom. The van der Waals surface area contributed by atoms with Crippen LogP contribution in [0.2, 0.25) is 0 Å². The predicted octanol–water partition coefficient (Wildman–Crippen LogP) is 2.83. The first kappa shape index (κ1) is 13.3. The number of furan rings is 1. The number of hydrogen-bond acceptors (Lipinski definition) is 3. The molecule has 92 valence electrons. The number of aryl methyl sites for hydroxylation is 2. The van der Waals surface area contributed by atoms with Crippen molar-refractivity contribution in [2.75, 3.05) is 20.3 Å². The zero-order valence-corrected chi connectivity index (χ0v) is 11.0. The van der Waals surface area contributed by atoms with Crippen LogP contribution in [0.15, 0.2) is 10.5 Å². The average molecular weight is 225 g/mol. The van der Waals surface area contributed by atoms with Gasteiger partial charge < -0.3 is 14.5 Å². The van der Waals surface area contributed by atoms with Crippen LogP contribution in [0.4, 0.5) is 0 Å². The van der Waals surface area contributed by atoms with E-state index in [1.54, 1.807) is 7.11 Å². The van der Waals surface area contributed by atoms with Gasteiger partial charge in [0.2, 0.25) is 0 Å². The molecule has 0 spiro atoms. The predicted molar refractivity (Wildman–Crippen MR) is 65.6 cm³/mol. The molecule has 2 unspecified atom stereocenters. The van der Waals surface area contributed by atoms with E-state index in [0.29, 0.717) is 12.0 Å². The molecule has 1 aromatic rings. The molecule has 0 aliphatic rings. The van der Waals surface area contributed by atoms with Crippen molar-refractivity contribution in [1.29, 1.82) is 0 Å². The Balaban J connectivity index is 2.46. The second-order valence-corrected chi connectivity index (χ2v) is 4.56. The van der Waals surface area contributed by atoms with Crippen molar-refractivity contribution in [3.63, 3.8) is 0 Å². The molecule has 1 N–H and O–H groups in total. The van der Waals surface area contributed by atoms with Crippen LogP contribution < -0.4 is 5.32 Å². The highest BCUT2D eigenvalue weighted by Gasteiger charge is 2.13. The molecule has 3 heteroatoms. The highest BCUT2D eigenvalue weighted by Crippen LogP contribution is 2.21. The molecule has 1 heterocycles. The van der Waals surface area contributed by atoms with Crippen molar-refractivity contribution in [3.05, 3.63) is 23.2 Å². The molecule has 0 bridgehead atoms. The van der Waals surface area contributed by atoms with Gasteiger partial charge in [-0.2, -0.15) is 0 Å². The van der Waals surface area contributed by atoms with Crippen molar-refractivity contribution in [1.82, 2.24) is 5.32 Å². The molecule has 3 nitrogen and oxygen atoms in total. The zero-order chi connectivity index (χ0) is 12.1. The van der Waals surface area contributed by atoms with Crippen molar-refractivity contribution >= 4 is 0 Å². The lowest BCUT2D eigenvalue weighted by Gasteiger charge is -2.16. The summed E-state index contributed by atoms with van der Waals surface area (Å²) in [4.78, 5) is 0. The molecule has 0 aromatic carbocycles. The molecule has 1 rings (SSSR count). The van der Waals surface area contributed by atoms with Gasteiger partial charge in [-0.3, -0.25) is 0 Å². The smallest absolute Gasteiger partial charge is 0.105 e. The quantitative estimate of drug-likeness (QED) is 0.808. The number of ether oxygens (including phenoxy) is 1. The van der Waals surface area contributed by atoms with Gasteiger partial charge in [-0.1, -0.05) is 6.92 Å². The topological polar surface area (TPSA) is 34.4 Å². The van der Waals surface area contributed by atoms with Crippen molar-refractivity contribution < 1.29 is 9.15 Å². The molecule has 0 amide bonds. The normalized spacial score (nSPS) is 15.1. The Hall–Kier alpha value is -0.800. The molecule has 0 aliphatic carbocycles. The summed E-state index contributed by atoms with van der Waals surface area (Å²) in [6.07, 6.45) is 0. The fraction of sp³-hybridized carbons (Fsp3) is 0.692. The SMILES string of the molecule is COCC(C)CNC(C)c1cc(C)oc1C. The van der Waals surface area contributed by atoms with E-state index in [-0.39, 0.29) is 0 Å². The lowest BCUT2D eigenvalue weighted by atomic mass is 10.1. The van der Waals surface area contributed by atoms with Crippen LogP contribution in [0, 0.1) is 19.8 Å². The summed E-state index contributed by atoms with van der Waals surface area (Å²) in [5.41, 5.74) is 1.25. The summed E-state index contributed by atoms with van der Waals surface area (Å²) < 4.78 is 10.6. The summed E-state index contributed by atoms with van der Waals surface area (Å²) in [6.45, 7) is 10.1. The standard InChI is InChI=1S/C13H23NO2/c1-9(8-15-5)7-14-11(3)13-6-10(2)16-12(13)4/h6,9,11,14H,7-8H2,1-5H3. The minimum atomic E-state index is 0.330. The molecular formula is C13H23NO2. The summed E-state index contributed by atoms with van der Waals surface area (Å²) in [7, 11) is 1.74. The summed E-state index contributed by atoms with van der Waals surface area (Å²) in [5.74, 6) is 2.52. The fourth-order valence-corrected chi connectivity index (χ4v) is 1.91. The third-order valence-electron chi connectivity index (χ3n) is 2.77. The van der Waals surface area contributed by atoms with E-state index in [4.69, 9.17) is 9.15 Å². The Morgan fingerprint density at radius 1 is 1.38 bits per heavy atom. The van der Waals surface area contributed by atoms with Crippen molar-refractivity contribution in [2.24, 2.45) is 5.92 Å². The van der Waals surface area contributed by atoms with Crippen LogP contribution >= 0.6 is 0 Å². The third kappa shape index (κ3) is 3.65. The first-order valence-corrected chi connectivity index (χ1v) is 5.83. The first-order valence-electron chi connectivity index (χ1n) is 5.83. The molecule has 0 saturated carbocycles. The minimum absolute atomic E-state index is 0.330. The highest BCUT2D eigenvalue weighted by atomic mass is 16.5. The van der Waals surface area contributed by atoms with E-state index >= 15 is 0 Å². The molecule has 16 heavy (non-hydrogen) atoms. The Kier molecular flexibility index (Phi) is 5.03. The molecule has 0 aliphatic heterocycles. The number of nitrogens with one attached hydrogen (secondary N) is 1. The minimum Gasteiger partial charge on any atom is -0.466 e. The molecule has 1 aromatic heterocycles. The van der Waals surface area contributed by atoms with Gasteiger partial charge in [0.15, 0.2) is 0 Å². The van der Waals surface area contributed by atoms with Crippen LogP contribution in [-0.4, -0.2) is 20.3 Å². The maximum atomic E-state index is 5.53. The molecule has 0 saturated heterocycles. The molecule has 0 radical (unpaired) electrons. The highest BCUT2D eigenvalue weighted by molar-refractivity contribution is 5.23. The molecular weight excluding hydrogens is 202 g/mol. The summed E-state index contributed by atoms with van der Waals surface area (Å²) >= 11 is 0. The monoisotopic (exact) mass is 225 g/mol. The molecule has 2 atom stereocenters. The van der Waals surface area contributed by atoms with Crippen LogP contribution in [0.1, 0.15) is 37.0 Å². The van der Waals surface area contributed by atoms with Crippen LogP contribution in [-0.2, 0) is 4.74 Å². The average Bonchev–Trinajstić information content (AvgIpc) is 2.55. The van der Waals surface area contributed by atoms with Gasteiger partial charge in [-0.05, 0) is 32.8 Å².